The molecule has 5 aliphatic rings. The molecule has 140 valence electrons. The summed E-state index contributed by atoms with van der Waals surface area (Å²) in [6.07, 6.45) is 5.63. The summed E-state index contributed by atoms with van der Waals surface area (Å²) in [6, 6.07) is 5.78. The van der Waals surface area contributed by atoms with Crippen LogP contribution in [-0.4, -0.2) is 29.2 Å². The van der Waals surface area contributed by atoms with E-state index < -0.39 is 0 Å². The van der Waals surface area contributed by atoms with Gasteiger partial charge in [-0.2, -0.15) is 0 Å². The minimum Gasteiger partial charge on any atom is -0.326 e. The van der Waals surface area contributed by atoms with Gasteiger partial charge in [0.25, 0.3) is 0 Å². The van der Waals surface area contributed by atoms with Crippen LogP contribution in [0.15, 0.2) is 30.4 Å². The molecule has 4 aliphatic carbocycles. The lowest BCUT2D eigenvalue weighted by molar-refractivity contribution is -0.140. The largest absolute Gasteiger partial charge is 0.326 e. The summed E-state index contributed by atoms with van der Waals surface area (Å²) in [6.45, 7) is 4.20. The van der Waals surface area contributed by atoms with Gasteiger partial charge in [-0.15, -0.1) is 0 Å². The van der Waals surface area contributed by atoms with Crippen molar-refractivity contribution in [3.05, 3.63) is 41.5 Å². The molecule has 0 spiro atoms. The number of nitrogens with zero attached hydrogens (tertiary/aromatic N) is 1. The highest BCUT2D eigenvalue weighted by Gasteiger charge is 2.66. The number of anilines is 1. The molecule has 0 unspecified atom stereocenters. The maximum Gasteiger partial charge on any atom is 0.233 e. The number of allylic oxidation sites excluding steroid dienone is 2. The lowest BCUT2D eigenvalue weighted by Crippen LogP contribution is -2.40. The number of hydrogen-bond acceptors (Lipinski definition) is 3. The molecule has 2 bridgehead atoms. The van der Waals surface area contributed by atoms with Crippen molar-refractivity contribution in [2.75, 3.05) is 11.9 Å². The maximum atomic E-state index is 12.9. The lowest BCUT2D eigenvalue weighted by atomic mass is 9.63. The molecule has 1 aromatic rings. The highest BCUT2D eigenvalue weighted by molar-refractivity contribution is 6.06. The Labute approximate surface area is 158 Å². The van der Waals surface area contributed by atoms with Crippen molar-refractivity contribution >= 4 is 23.4 Å². The molecule has 6 atom stereocenters. The second kappa shape index (κ2) is 5.78. The number of carbonyl (C=O) groups is 3. The van der Waals surface area contributed by atoms with Crippen molar-refractivity contribution in [2.24, 2.45) is 35.5 Å². The van der Waals surface area contributed by atoms with E-state index >= 15 is 0 Å². The highest BCUT2D eigenvalue weighted by atomic mass is 16.2. The van der Waals surface area contributed by atoms with Crippen LogP contribution in [0.3, 0.4) is 0 Å². The van der Waals surface area contributed by atoms with Crippen molar-refractivity contribution in [3.63, 3.8) is 0 Å². The third kappa shape index (κ3) is 2.47. The highest BCUT2D eigenvalue weighted by Crippen LogP contribution is 2.65. The van der Waals surface area contributed by atoms with E-state index in [4.69, 9.17) is 0 Å². The van der Waals surface area contributed by atoms with Gasteiger partial charge in [0.05, 0.1) is 11.8 Å². The second-order valence-corrected chi connectivity index (χ2v) is 8.58. The van der Waals surface area contributed by atoms with Gasteiger partial charge in [0.1, 0.15) is 0 Å². The molecule has 0 aromatic heterocycles. The Hall–Kier alpha value is -2.43. The topological polar surface area (TPSA) is 66.5 Å². The van der Waals surface area contributed by atoms with Gasteiger partial charge in [0, 0.05) is 18.7 Å². The minimum absolute atomic E-state index is 0.0614. The molecule has 2 saturated carbocycles. The first-order valence-corrected chi connectivity index (χ1v) is 9.86. The van der Waals surface area contributed by atoms with Gasteiger partial charge in [-0.05, 0) is 67.2 Å². The van der Waals surface area contributed by atoms with E-state index in [-0.39, 0.29) is 54.4 Å². The Morgan fingerprint density at radius 3 is 2.26 bits per heavy atom. The monoisotopic (exact) mass is 364 g/mol. The molecule has 1 N–H and O–H groups in total. The van der Waals surface area contributed by atoms with Crippen molar-refractivity contribution < 1.29 is 14.4 Å². The second-order valence-electron chi connectivity index (χ2n) is 8.58. The normalized spacial score (nSPS) is 35.3. The molecule has 0 radical (unpaired) electrons. The Morgan fingerprint density at radius 2 is 1.67 bits per heavy atom. The molecule has 27 heavy (non-hydrogen) atoms. The van der Waals surface area contributed by atoms with Crippen molar-refractivity contribution in [2.45, 2.75) is 26.7 Å². The zero-order valence-corrected chi connectivity index (χ0v) is 15.6. The van der Waals surface area contributed by atoms with Gasteiger partial charge in [0.2, 0.25) is 17.7 Å². The van der Waals surface area contributed by atoms with Crippen LogP contribution in [0.5, 0.6) is 0 Å². The van der Waals surface area contributed by atoms with E-state index in [0.29, 0.717) is 11.8 Å². The fraction of sp³-hybridized carbons (Fsp3) is 0.500. The van der Waals surface area contributed by atoms with Crippen molar-refractivity contribution in [1.82, 2.24) is 4.90 Å². The predicted molar refractivity (Wildman–Crippen MR) is 101 cm³/mol. The predicted octanol–water partition coefficient (Wildman–Crippen LogP) is 2.69. The molecular formula is C22H24N2O3. The van der Waals surface area contributed by atoms with Gasteiger partial charge >= 0.3 is 0 Å². The number of nitrogens with one attached hydrogen (secondary N) is 1. The van der Waals surface area contributed by atoms with Crippen molar-refractivity contribution in [3.8, 4) is 0 Å². The fourth-order valence-electron chi connectivity index (χ4n) is 5.50. The molecule has 5 nitrogen and oxygen atoms in total. The molecule has 3 fully saturated rings. The van der Waals surface area contributed by atoms with E-state index in [1.807, 2.05) is 32.0 Å². The Kier molecular flexibility index (Phi) is 3.58. The third-order valence-electron chi connectivity index (χ3n) is 7.11. The Balaban J connectivity index is 1.24. The summed E-state index contributed by atoms with van der Waals surface area (Å²) in [7, 11) is 0. The van der Waals surface area contributed by atoms with E-state index in [1.165, 1.54) is 10.5 Å². The van der Waals surface area contributed by atoms with Crippen LogP contribution in [0.2, 0.25) is 0 Å². The number of likely N-dealkylation sites (tertiary alicyclic amines) is 1. The van der Waals surface area contributed by atoms with Crippen LogP contribution < -0.4 is 5.32 Å². The van der Waals surface area contributed by atoms with Crippen LogP contribution in [0.25, 0.3) is 0 Å². The van der Waals surface area contributed by atoms with E-state index in [1.54, 1.807) is 0 Å². The molecule has 6 rings (SSSR count). The lowest BCUT2D eigenvalue weighted by Gasteiger charge is -2.37. The molecule has 1 aliphatic heterocycles. The number of benzene rings is 1. The molecule has 3 amide bonds. The summed E-state index contributed by atoms with van der Waals surface area (Å²) < 4.78 is 0. The summed E-state index contributed by atoms with van der Waals surface area (Å²) in [5, 5.41) is 2.87. The van der Waals surface area contributed by atoms with E-state index in [9.17, 15) is 14.4 Å². The SMILES string of the molecule is Cc1ccc(NC(=O)CCN2C(=O)[C@@H]3[C@H]4C=C[C@@H]([C@@H]5C[C@H]45)[C@@H]3C2=O)cc1C. The number of aryl methyl sites for hydroxylation is 2. The smallest absolute Gasteiger partial charge is 0.233 e. The quantitative estimate of drug-likeness (QED) is 0.660. The molecular weight excluding hydrogens is 340 g/mol. The molecule has 1 saturated heterocycles. The van der Waals surface area contributed by atoms with Gasteiger partial charge in [-0.1, -0.05) is 18.2 Å². The van der Waals surface area contributed by atoms with Crippen LogP contribution in [0, 0.1) is 49.4 Å². The summed E-state index contributed by atoms with van der Waals surface area (Å²) >= 11 is 0. The standard InChI is InChI=1S/C22H24N2O3/c1-11-3-4-13(9-12(11)2)23-18(25)7-8-24-21(26)19-14-5-6-15(17-10-16(14)17)20(19)22(24)27/h3-6,9,14-17,19-20H,7-8,10H2,1-2H3,(H,23,25)/t14-,15-,16-,17+,19-,20+/m0/s1. The number of imide groups is 1. The zero-order valence-electron chi connectivity index (χ0n) is 15.6. The zero-order chi connectivity index (χ0) is 18.9. The third-order valence-corrected chi connectivity index (χ3v) is 7.11. The number of amides is 3. The van der Waals surface area contributed by atoms with Crippen LogP contribution >= 0.6 is 0 Å². The minimum atomic E-state index is -0.181. The van der Waals surface area contributed by atoms with Gasteiger partial charge in [-0.3, -0.25) is 19.3 Å². The van der Waals surface area contributed by atoms with Crippen LogP contribution in [0.1, 0.15) is 24.0 Å². The summed E-state index contributed by atoms with van der Waals surface area (Å²) in [5.74, 6) is 1.02. The van der Waals surface area contributed by atoms with Gasteiger partial charge in [-0.25, -0.2) is 0 Å². The van der Waals surface area contributed by atoms with E-state index in [0.717, 1.165) is 17.7 Å². The first-order chi connectivity index (χ1) is 13.0. The summed E-state index contributed by atoms with van der Waals surface area (Å²) in [5.41, 5.74) is 3.03. The average molecular weight is 364 g/mol. The summed E-state index contributed by atoms with van der Waals surface area (Å²) in [4.78, 5) is 39.5. The Morgan fingerprint density at radius 1 is 1.04 bits per heavy atom. The van der Waals surface area contributed by atoms with Crippen LogP contribution in [0.4, 0.5) is 5.69 Å². The molecule has 1 heterocycles. The number of carbonyl (C=O) groups excluding carboxylic acids is 3. The first kappa shape index (κ1) is 16.7. The fourth-order valence-corrected chi connectivity index (χ4v) is 5.50. The van der Waals surface area contributed by atoms with E-state index in [2.05, 4.69) is 17.5 Å². The van der Waals surface area contributed by atoms with Crippen molar-refractivity contribution in [1.29, 1.82) is 0 Å². The maximum absolute atomic E-state index is 12.9. The first-order valence-electron chi connectivity index (χ1n) is 9.86. The average Bonchev–Trinajstić information content (AvgIpc) is 3.42. The number of hydrogen-bond donors (Lipinski definition) is 1. The molecule has 5 heteroatoms. The van der Waals surface area contributed by atoms with Gasteiger partial charge < -0.3 is 5.32 Å². The number of rotatable bonds is 4. The van der Waals surface area contributed by atoms with Gasteiger partial charge in [0.15, 0.2) is 0 Å². The van der Waals surface area contributed by atoms with Crippen LogP contribution in [-0.2, 0) is 14.4 Å². The Bertz CT molecular complexity index is 854. The molecule has 1 aromatic carbocycles.